The Labute approximate surface area is 161 Å². The van der Waals surface area contributed by atoms with Crippen molar-refractivity contribution < 1.29 is 34.2 Å². The Morgan fingerprint density at radius 3 is 1.93 bits per heavy atom. The summed E-state index contributed by atoms with van der Waals surface area (Å²) in [5, 5.41) is 24.1. The zero-order valence-corrected chi connectivity index (χ0v) is 16.0. The Hall–Kier alpha value is -2.34. The first-order valence-electron chi connectivity index (χ1n) is 8.16. The minimum atomic E-state index is -1.46. The van der Waals surface area contributed by atoms with Crippen LogP contribution in [0.4, 0.5) is 0 Å². The number of carboxylic acid groups (broad SMARTS) is 2. The molecule has 0 bridgehead atoms. The number of hydrogen-bond acceptors (Lipinski definition) is 7. The van der Waals surface area contributed by atoms with E-state index >= 15 is 0 Å². The smallest absolute Gasteiger partial charge is 0.322 e. The van der Waals surface area contributed by atoms with E-state index < -0.39 is 60.8 Å². The highest BCUT2D eigenvalue weighted by Crippen LogP contribution is 2.04. The number of thiol groups is 1. The normalized spacial score (nSPS) is 14.0. The number of carbonyl (C=O) groups excluding carboxylic acids is 3. The molecule has 0 saturated carbocycles. The lowest BCUT2D eigenvalue weighted by atomic mass is 10.0. The highest BCUT2D eigenvalue weighted by atomic mass is 32.1. The zero-order valence-electron chi connectivity index (χ0n) is 15.1. The number of aliphatic carboxylic acids is 2. The highest BCUT2D eigenvalue weighted by molar-refractivity contribution is 7.80. The lowest BCUT2D eigenvalue weighted by molar-refractivity contribution is -0.141. The standard InChI is InChI=1S/C15H26N4O7S/c1-7(2)3-8(16)13(24)18-9(4-11(20)21)15(26)19-10(6-27)14(25)17-5-12(22)23/h7-10,27H,3-6,16H2,1-2H3,(H,17,25)(H,18,24)(H,19,26)(H,20,21)(H,22,23). The summed E-state index contributed by atoms with van der Waals surface area (Å²) in [4.78, 5) is 57.7. The van der Waals surface area contributed by atoms with Crippen LogP contribution in [0.15, 0.2) is 0 Å². The second kappa shape index (κ2) is 12.1. The van der Waals surface area contributed by atoms with Gasteiger partial charge in [0.05, 0.1) is 12.5 Å². The van der Waals surface area contributed by atoms with Gasteiger partial charge in [0.1, 0.15) is 18.6 Å². The molecule has 0 saturated heterocycles. The summed E-state index contributed by atoms with van der Waals surface area (Å²) in [5.74, 6) is -5.09. The molecule has 12 heteroatoms. The first kappa shape index (κ1) is 24.7. The molecule has 3 unspecified atom stereocenters. The van der Waals surface area contributed by atoms with Crippen molar-refractivity contribution in [3.63, 3.8) is 0 Å². The van der Waals surface area contributed by atoms with Crippen molar-refractivity contribution in [3.8, 4) is 0 Å². The van der Waals surface area contributed by atoms with Crippen LogP contribution < -0.4 is 21.7 Å². The van der Waals surface area contributed by atoms with Crippen molar-refractivity contribution >= 4 is 42.3 Å². The minimum absolute atomic E-state index is 0.115. The van der Waals surface area contributed by atoms with E-state index in [2.05, 4.69) is 28.6 Å². The number of nitrogens with one attached hydrogen (secondary N) is 3. The fourth-order valence-electron chi connectivity index (χ4n) is 2.03. The van der Waals surface area contributed by atoms with E-state index in [4.69, 9.17) is 15.9 Å². The Morgan fingerprint density at radius 2 is 1.48 bits per heavy atom. The molecule has 0 aromatic carbocycles. The van der Waals surface area contributed by atoms with Crippen molar-refractivity contribution in [2.75, 3.05) is 12.3 Å². The molecule has 0 fully saturated rings. The van der Waals surface area contributed by atoms with Crippen LogP contribution in [0.25, 0.3) is 0 Å². The molecule has 3 atom stereocenters. The summed E-state index contributed by atoms with van der Waals surface area (Å²) < 4.78 is 0. The first-order valence-corrected chi connectivity index (χ1v) is 8.79. The molecule has 0 radical (unpaired) electrons. The van der Waals surface area contributed by atoms with Gasteiger partial charge in [-0.25, -0.2) is 0 Å². The molecule has 0 rings (SSSR count). The maximum atomic E-state index is 12.3. The minimum Gasteiger partial charge on any atom is -0.481 e. The average molecular weight is 406 g/mol. The van der Waals surface area contributed by atoms with Gasteiger partial charge in [0, 0.05) is 5.75 Å². The molecule has 27 heavy (non-hydrogen) atoms. The number of hydrogen-bond donors (Lipinski definition) is 7. The van der Waals surface area contributed by atoms with Crippen LogP contribution in [0.1, 0.15) is 26.7 Å². The molecular formula is C15H26N4O7S. The Morgan fingerprint density at radius 1 is 0.926 bits per heavy atom. The molecule has 0 spiro atoms. The number of carbonyl (C=O) groups is 5. The van der Waals surface area contributed by atoms with Crippen LogP contribution in [0.5, 0.6) is 0 Å². The fourth-order valence-corrected chi connectivity index (χ4v) is 2.29. The summed E-state index contributed by atoms with van der Waals surface area (Å²) in [7, 11) is 0. The van der Waals surface area contributed by atoms with Crippen molar-refractivity contribution in [3.05, 3.63) is 0 Å². The second-order valence-corrected chi connectivity index (χ2v) is 6.62. The fraction of sp³-hybridized carbons (Fsp3) is 0.667. The zero-order chi connectivity index (χ0) is 21.1. The van der Waals surface area contributed by atoms with Crippen LogP contribution in [0.3, 0.4) is 0 Å². The summed E-state index contributed by atoms with van der Waals surface area (Å²) >= 11 is 3.91. The number of amides is 3. The van der Waals surface area contributed by atoms with Crippen molar-refractivity contribution in [2.24, 2.45) is 11.7 Å². The molecule has 0 aromatic rings. The van der Waals surface area contributed by atoms with Gasteiger partial charge in [-0.3, -0.25) is 24.0 Å². The number of rotatable bonds is 12. The van der Waals surface area contributed by atoms with Gasteiger partial charge in [-0.2, -0.15) is 12.6 Å². The van der Waals surface area contributed by atoms with E-state index in [9.17, 15) is 24.0 Å². The third-order valence-electron chi connectivity index (χ3n) is 3.30. The van der Waals surface area contributed by atoms with E-state index in [1.807, 2.05) is 13.8 Å². The van der Waals surface area contributed by atoms with Gasteiger partial charge in [0.15, 0.2) is 0 Å². The topological polar surface area (TPSA) is 188 Å². The summed E-state index contributed by atoms with van der Waals surface area (Å²) in [6, 6.07) is -3.59. The van der Waals surface area contributed by atoms with Gasteiger partial charge in [0.2, 0.25) is 17.7 Å². The van der Waals surface area contributed by atoms with Gasteiger partial charge in [-0.05, 0) is 12.3 Å². The van der Waals surface area contributed by atoms with Crippen LogP contribution in [0.2, 0.25) is 0 Å². The molecular weight excluding hydrogens is 380 g/mol. The molecule has 0 aromatic heterocycles. The van der Waals surface area contributed by atoms with E-state index in [-0.39, 0.29) is 11.7 Å². The number of carboxylic acids is 2. The lowest BCUT2D eigenvalue weighted by Gasteiger charge is -2.22. The highest BCUT2D eigenvalue weighted by Gasteiger charge is 2.29. The maximum Gasteiger partial charge on any atom is 0.322 e. The molecule has 11 nitrogen and oxygen atoms in total. The average Bonchev–Trinajstić information content (AvgIpc) is 2.55. The van der Waals surface area contributed by atoms with E-state index in [0.29, 0.717) is 6.42 Å². The largest absolute Gasteiger partial charge is 0.481 e. The molecule has 3 amide bonds. The van der Waals surface area contributed by atoms with Gasteiger partial charge >= 0.3 is 11.9 Å². The third kappa shape index (κ3) is 10.4. The quantitative estimate of drug-likeness (QED) is 0.180. The summed E-state index contributed by atoms with van der Waals surface area (Å²) in [5.41, 5.74) is 5.72. The monoisotopic (exact) mass is 406 g/mol. The van der Waals surface area contributed by atoms with Crippen molar-refractivity contribution in [2.45, 2.75) is 44.8 Å². The van der Waals surface area contributed by atoms with Gasteiger partial charge in [0.25, 0.3) is 0 Å². The Bertz CT molecular complexity index is 570. The molecule has 0 aliphatic rings. The van der Waals surface area contributed by atoms with Crippen LogP contribution in [-0.4, -0.2) is 70.3 Å². The third-order valence-corrected chi connectivity index (χ3v) is 3.67. The first-order chi connectivity index (χ1) is 12.5. The second-order valence-electron chi connectivity index (χ2n) is 6.25. The molecule has 7 N–H and O–H groups in total. The van der Waals surface area contributed by atoms with Gasteiger partial charge in [-0.15, -0.1) is 0 Å². The van der Waals surface area contributed by atoms with Crippen molar-refractivity contribution in [1.82, 2.24) is 16.0 Å². The SMILES string of the molecule is CC(C)CC(N)C(=O)NC(CC(=O)O)C(=O)NC(CS)C(=O)NCC(=O)O. The molecule has 0 aliphatic heterocycles. The lowest BCUT2D eigenvalue weighted by Crippen LogP contribution is -2.57. The van der Waals surface area contributed by atoms with Gasteiger partial charge < -0.3 is 31.9 Å². The van der Waals surface area contributed by atoms with Crippen LogP contribution in [0, 0.1) is 5.92 Å². The predicted octanol–water partition coefficient (Wildman–Crippen LogP) is -2.07. The summed E-state index contributed by atoms with van der Waals surface area (Å²) in [6.45, 7) is 3.04. The molecule has 0 aliphatic carbocycles. The van der Waals surface area contributed by atoms with Crippen LogP contribution >= 0.6 is 12.6 Å². The van der Waals surface area contributed by atoms with Crippen LogP contribution in [-0.2, 0) is 24.0 Å². The van der Waals surface area contributed by atoms with E-state index in [1.54, 1.807) is 0 Å². The summed E-state index contributed by atoms with van der Waals surface area (Å²) in [6.07, 6.45) is -0.383. The van der Waals surface area contributed by atoms with E-state index in [0.717, 1.165) is 0 Å². The molecule has 0 heterocycles. The predicted molar refractivity (Wildman–Crippen MR) is 98.0 cm³/mol. The Balaban J connectivity index is 5.03. The maximum absolute atomic E-state index is 12.3. The Kier molecular flexibility index (Phi) is 11.1. The van der Waals surface area contributed by atoms with Crippen molar-refractivity contribution in [1.29, 1.82) is 0 Å². The number of nitrogens with two attached hydrogens (primary N) is 1. The molecule has 154 valence electrons. The van der Waals surface area contributed by atoms with E-state index in [1.165, 1.54) is 0 Å². The van der Waals surface area contributed by atoms with Gasteiger partial charge in [-0.1, -0.05) is 13.8 Å².